The van der Waals surface area contributed by atoms with Crippen molar-refractivity contribution in [3.05, 3.63) is 34.1 Å². The molecule has 1 aromatic carbocycles. The summed E-state index contributed by atoms with van der Waals surface area (Å²) in [6.45, 7) is 3.14. The predicted molar refractivity (Wildman–Crippen MR) is 79.1 cm³/mol. The second-order valence-corrected chi connectivity index (χ2v) is 5.22. The highest BCUT2D eigenvalue weighted by molar-refractivity contribution is 9.10. The third kappa shape index (κ3) is 4.12. The molecule has 0 aliphatic carbocycles. The van der Waals surface area contributed by atoms with Crippen LogP contribution in [0.25, 0.3) is 0 Å². The average Bonchev–Trinajstić information content (AvgIpc) is 2.41. The summed E-state index contributed by atoms with van der Waals surface area (Å²) in [6, 6.07) is 4.91. The Bertz CT molecular complexity index is 400. The fourth-order valence-electron chi connectivity index (χ4n) is 2.41. The van der Waals surface area contributed by atoms with Gasteiger partial charge in [-0.1, -0.05) is 12.1 Å². The van der Waals surface area contributed by atoms with E-state index in [4.69, 9.17) is 0 Å². The SMILES string of the molecule is Cl.FCC[C@H](c1cccc(F)c1Br)N1CCNCC1. The van der Waals surface area contributed by atoms with E-state index in [0.717, 1.165) is 31.7 Å². The van der Waals surface area contributed by atoms with Crippen molar-refractivity contribution in [2.75, 3.05) is 32.9 Å². The zero-order valence-electron chi connectivity index (χ0n) is 10.5. The number of piperazine rings is 1. The Labute approximate surface area is 127 Å². The summed E-state index contributed by atoms with van der Waals surface area (Å²) < 4.78 is 26.8. The van der Waals surface area contributed by atoms with Gasteiger partial charge in [0.15, 0.2) is 0 Å². The van der Waals surface area contributed by atoms with Crippen LogP contribution in [0.2, 0.25) is 0 Å². The van der Waals surface area contributed by atoms with Crippen molar-refractivity contribution >= 4 is 28.3 Å². The molecule has 2 nitrogen and oxygen atoms in total. The van der Waals surface area contributed by atoms with Crippen LogP contribution < -0.4 is 5.32 Å². The molecule has 0 aromatic heterocycles. The van der Waals surface area contributed by atoms with E-state index < -0.39 is 6.67 Å². The number of hydrogen-bond donors (Lipinski definition) is 1. The number of nitrogens with one attached hydrogen (secondary N) is 1. The molecule has 108 valence electrons. The van der Waals surface area contributed by atoms with Crippen LogP contribution in [0, 0.1) is 5.82 Å². The van der Waals surface area contributed by atoms with Gasteiger partial charge in [0.05, 0.1) is 11.1 Å². The Morgan fingerprint density at radius 1 is 1.32 bits per heavy atom. The van der Waals surface area contributed by atoms with Crippen LogP contribution in [0.1, 0.15) is 18.0 Å². The Morgan fingerprint density at radius 2 is 2.00 bits per heavy atom. The maximum absolute atomic E-state index is 13.6. The number of hydrogen-bond acceptors (Lipinski definition) is 2. The summed E-state index contributed by atoms with van der Waals surface area (Å²) in [5.74, 6) is -0.286. The Morgan fingerprint density at radius 3 is 2.63 bits per heavy atom. The van der Waals surface area contributed by atoms with Crippen LogP contribution in [0.4, 0.5) is 8.78 Å². The molecule has 19 heavy (non-hydrogen) atoms. The highest BCUT2D eigenvalue weighted by Crippen LogP contribution is 2.32. The first-order chi connectivity index (χ1) is 8.74. The first-order valence-electron chi connectivity index (χ1n) is 6.18. The summed E-state index contributed by atoms with van der Waals surface area (Å²) in [5.41, 5.74) is 0.842. The number of halogens is 4. The number of nitrogens with zero attached hydrogens (tertiary/aromatic N) is 1. The molecule has 0 radical (unpaired) electrons. The second-order valence-electron chi connectivity index (χ2n) is 4.42. The molecule has 1 atom stereocenters. The highest BCUT2D eigenvalue weighted by Gasteiger charge is 2.24. The summed E-state index contributed by atoms with van der Waals surface area (Å²) in [4.78, 5) is 2.22. The van der Waals surface area contributed by atoms with E-state index in [0.29, 0.717) is 10.9 Å². The number of rotatable bonds is 4. The lowest BCUT2D eigenvalue weighted by molar-refractivity contribution is 0.156. The fourth-order valence-corrected chi connectivity index (χ4v) is 2.94. The molecule has 6 heteroatoms. The van der Waals surface area contributed by atoms with Gasteiger partial charge in [-0.3, -0.25) is 9.29 Å². The molecule has 0 amide bonds. The van der Waals surface area contributed by atoms with E-state index in [1.807, 2.05) is 6.07 Å². The second kappa shape index (κ2) is 8.15. The third-order valence-corrected chi connectivity index (χ3v) is 4.15. The third-order valence-electron chi connectivity index (χ3n) is 3.32. The van der Waals surface area contributed by atoms with Gasteiger partial charge in [0.25, 0.3) is 0 Å². The normalized spacial score (nSPS) is 17.8. The molecule has 2 rings (SSSR count). The lowest BCUT2D eigenvalue weighted by atomic mass is 10.0. The van der Waals surface area contributed by atoms with E-state index in [-0.39, 0.29) is 24.3 Å². The molecule has 1 aliphatic rings. The van der Waals surface area contributed by atoms with E-state index in [1.54, 1.807) is 6.07 Å². The van der Waals surface area contributed by atoms with Gasteiger partial charge in [0, 0.05) is 32.2 Å². The standard InChI is InChI=1S/C13H17BrF2N2.ClH/c14-13-10(2-1-3-11(13)16)12(4-5-15)18-8-6-17-7-9-18;/h1-3,12,17H,4-9H2;1H/t12-;/m1./s1. The summed E-state index contributed by atoms with van der Waals surface area (Å²) in [5, 5.41) is 3.27. The van der Waals surface area contributed by atoms with Crippen molar-refractivity contribution in [2.45, 2.75) is 12.5 Å². The van der Waals surface area contributed by atoms with Gasteiger partial charge in [0.2, 0.25) is 0 Å². The summed E-state index contributed by atoms with van der Waals surface area (Å²) in [7, 11) is 0. The summed E-state index contributed by atoms with van der Waals surface area (Å²) in [6.07, 6.45) is 0.405. The van der Waals surface area contributed by atoms with Gasteiger partial charge >= 0.3 is 0 Å². The van der Waals surface area contributed by atoms with Crippen molar-refractivity contribution in [1.82, 2.24) is 10.2 Å². The van der Waals surface area contributed by atoms with Gasteiger partial charge in [-0.2, -0.15) is 0 Å². The molecule has 1 saturated heterocycles. The van der Waals surface area contributed by atoms with Gasteiger partial charge in [0.1, 0.15) is 5.82 Å². The molecule has 0 saturated carbocycles. The predicted octanol–water partition coefficient (Wildman–Crippen LogP) is 3.32. The van der Waals surface area contributed by atoms with Gasteiger partial charge in [-0.25, -0.2) is 4.39 Å². The molecule has 1 heterocycles. The smallest absolute Gasteiger partial charge is 0.137 e. The molecule has 1 fully saturated rings. The van der Waals surface area contributed by atoms with Crippen molar-refractivity contribution in [1.29, 1.82) is 0 Å². The van der Waals surface area contributed by atoms with Crippen molar-refractivity contribution in [3.63, 3.8) is 0 Å². The molecule has 0 unspecified atom stereocenters. The fraction of sp³-hybridized carbons (Fsp3) is 0.538. The molecule has 1 aromatic rings. The Hall–Kier alpha value is -0.230. The monoisotopic (exact) mass is 354 g/mol. The van der Waals surface area contributed by atoms with Crippen LogP contribution in [0.5, 0.6) is 0 Å². The highest BCUT2D eigenvalue weighted by atomic mass is 79.9. The first kappa shape index (κ1) is 16.8. The van der Waals surface area contributed by atoms with Crippen molar-refractivity contribution < 1.29 is 8.78 Å². The molecule has 1 N–H and O–H groups in total. The van der Waals surface area contributed by atoms with Crippen LogP contribution in [0.15, 0.2) is 22.7 Å². The van der Waals surface area contributed by atoms with Crippen LogP contribution in [0.3, 0.4) is 0 Å². The minimum absolute atomic E-state index is 0. The van der Waals surface area contributed by atoms with Crippen molar-refractivity contribution in [3.8, 4) is 0 Å². The molecular weight excluding hydrogens is 338 g/mol. The van der Waals surface area contributed by atoms with E-state index in [2.05, 4.69) is 26.1 Å². The zero-order chi connectivity index (χ0) is 13.0. The first-order valence-corrected chi connectivity index (χ1v) is 6.98. The van der Waals surface area contributed by atoms with E-state index >= 15 is 0 Å². The minimum atomic E-state index is -0.391. The van der Waals surface area contributed by atoms with E-state index in [9.17, 15) is 8.78 Å². The summed E-state index contributed by atoms with van der Waals surface area (Å²) >= 11 is 3.28. The topological polar surface area (TPSA) is 15.3 Å². The molecule has 0 bridgehead atoms. The van der Waals surface area contributed by atoms with Gasteiger partial charge < -0.3 is 5.32 Å². The quantitative estimate of drug-likeness (QED) is 0.891. The van der Waals surface area contributed by atoms with Gasteiger partial charge in [-0.15, -0.1) is 12.4 Å². The van der Waals surface area contributed by atoms with Crippen molar-refractivity contribution in [2.24, 2.45) is 0 Å². The molecule has 0 spiro atoms. The Kier molecular flexibility index (Phi) is 7.21. The molecular formula is C13H18BrClF2N2. The lowest BCUT2D eigenvalue weighted by Gasteiger charge is -2.35. The Balaban J connectivity index is 0.00000180. The largest absolute Gasteiger partial charge is 0.314 e. The van der Waals surface area contributed by atoms with Gasteiger partial charge in [-0.05, 0) is 34.0 Å². The van der Waals surface area contributed by atoms with Crippen LogP contribution in [-0.2, 0) is 0 Å². The molecule has 1 aliphatic heterocycles. The van der Waals surface area contributed by atoms with Crippen LogP contribution in [-0.4, -0.2) is 37.8 Å². The lowest BCUT2D eigenvalue weighted by Crippen LogP contribution is -2.45. The van der Waals surface area contributed by atoms with E-state index in [1.165, 1.54) is 6.07 Å². The minimum Gasteiger partial charge on any atom is -0.314 e. The maximum Gasteiger partial charge on any atom is 0.137 e. The maximum atomic E-state index is 13.6. The number of alkyl halides is 1. The van der Waals surface area contributed by atoms with Crippen LogP contribution >= 0.6 is 28.3 Å². The average molecular weight is 356 g/mol. The zero-order valence-corrected chi connectivity index (χ0v) is 12.9. The number of benzene rings is 1.